The molecule has 0 radical (unpaired) electrons. The van der Waals surface area contributed by atoms with Crippen molar-refractivity contribution in [2.45, 2.75) is 272 Å². The van der Waals surface area contributed by atoms with Gasteiger partial charge in [-0.05, 0) is 81.0 Å². The molecule has 0 aromatic carbocycles. The third-order valence-corrected chi connectivity index (χ3v) is 15.5. The van der Waals surface area contributed by atoms with Gasteiger partial charge in [0.25, 0.3) is 0 Å². The highest BCUT2D eigenvalue weighted by Gasteiger charge is 2.41. The number of ether oxygens (including phenoxy) is 1. The first kappa shape index (κ1) is 85.5. The molecule has 1 saturated heterocycles. The van der Waals surface area contributed by atoms with Crippen molar-refractivity contribution in [2.75, 3.05) is 13.2 Å². The molecular weight excluding hydrogens is 1240 g/mol. The van der Waals surface area contributed by atoms with Crippen LogP contribution in [-0.2, 0) is 71.9 Å². The van der Waals surface area contributed by atoms with Crippen LogP contribution in [0.3, 0.4) is 0 Å². The average Bonchev–Trinajstić information content (AvgIpc) is 0.928. The van der Waals surface area contributed by atoms with Crippen molar-refractivity contribution in [2.24, 2.45) is 35.5 Å². The number of hydrogen-bond donors (Lipinski definition) is 16. The number of carboxylic acids is 2. The molecule has 1 rings (SSSR count). The molecule has 95 heavy (non-hydrogen) atoms. The standard InChI is InChI=1S/C64H111N11O20/c1-15-17-18-19-20-21-39(78)27-49(79)65-40(22-32(3)4)54(84)69-45(28-50(80)81)59(89)75-53-38(14)95-64(94)46(29-51(82)83)71-62(92)52(37(13)16-2)74-58(88)44(26-36(11)12)68-61(91)48(31-77)73-57(87)42(24-34(7)8)67-60(90)47(30-76)72-56(86)41(23-33(5)6)66-55(85)43(25-35(9)10)70-63(53)93/h32-48,52-53,76-78H,15-31H2,1-14H3,(H,65,79)(H,66,85)(H,67,90)(H,68,91)(H,69,84)(H,70,93)(H,71,92)(H,72,86)(H,73,87)(H,74,88)(H,75,89)(H,80,81)(H,82,83)/t37-,38-,39+,40-,41-,42-,43-,44-,45+,46+,47-,48-,52+,53-/m1/s1. The van der Waals surface area contributed by atoms with Gasteiger partial charge in [-0.3, -0.25) is 62.3 Å². The zero-order valence-electron chi connectivity index (χ0n) is 57.9. The summed E-state index contributed by atoms with van der Waals surface area (Å²) in [5.74, 6) is -19.2. The molecule has 542 valence electrons. The van der Waals surface area contributed by atoms with Gasteiger partial charge in [-0.1, -0.05) is 129 Å². The van der Waals surface area contributed by atoms with E-state index in [1.807, 2.05) is 0 Å². The number of unbranched alkanes of at least 4 members (excludes halogenated alkanes) is 4. The Morgan fingerprint density at radius 1 is 0.474 bits per heavy atom. The summed E-state index contributed by atoms with van der Waals surface area (Å²) in [6.07, 6.45) is -1.39. The molecule has 11 amide bonds. The number of esters is 1. The van der Waals surface area contributed by atoms with E-state index in [0.717, 1.165) is 32.6 Å². The summed E-state index contributed by atoms with van der Waals surface area (Å²) in [7, 11) is 0. The van der Waals surface area contributed by atoms with E-state index in [9.17, 15) is 92.7 Å². The number of aliphatic carboxylic acids is 2. The Hall–Kier alpha value is -7.54. The fourth-order valence-corrected chi connectivity index (χ4v) is 10.3. The fourth-order valence-electron chi connectivity index (χ4n) is 10.3. The number of amides is 11. The highest BCUT2D eigenvalue weighted by molar-refractivity contribution is 6.00. The van der Waals surface area contributed by atoms with Crippen LogP contribution in [0.1, 0.15) is 193 Å². The van der Waals surface area contributed by atoms with Crippen molar-refractivity contribution in [1.82, 2.24) is 58.5 Å². The van der Waals surface area contributed by atoms with Crippen LogP contribution in [0.5, 0.6) is 0 Å². The van der Waals surface area contributed by atoms with Crippen LogP contribution in [0.2, 0.25) is 0 Å². The molecule has 0 aromatic heterocycles. The lowest BCUT2D eigenvalue weighted by Crippen LogP contribution is -2.63. The minimum absolute atomic E-state index is 0.0411. The van der Waals surface area contributed by atoms with Gasteiger partial charge in [-0.25, -0.2) is 4.79 Å². The van der Waals surface area contributed by atoms with Gasteiger partial charge in [0.1, 0.15) is 72.6 Å². The van der Waals surface area contributed by atoms with Crippen molar-refractivity contribution < 1.29 is 97.4 Å². The van der Waals surface area contributed by atoms with Crippen LogP contribution in [0.4, 0.5) is 0 Å². The lowest BCUT2D eigenvalue weighted by atomic mass is 9.96. The van der Waals surface area contributed by atoms with Crippen molar-refractivity contribution >= 4 is 82.9 Å². The van der Waals surface area contributed by atoms with Crippen molar-refractivity contribution in [1.29, 1.82) is 0 Å². The second kappa shape index (κ2) is 43.5. The zero-order valence-corrected chi connectivity index (χ0v) is 57.9. The van der Waals surface area contributed by atoms with Gasteiger partial charge in [0, 0.05) is 0 Å². The van der Waals surface area contributed by atoms with Crippen LogP contribution in [0.15, 0.2) is 0 Å². The molecule has 1 aliphatic heterocycles. The molecule has 0 spiro atoms. The molecule has 16 N–H and O–H groups in total. The number of cyclic esters (lactones) is 1. The first-order chi connectivity index (χ1) is 44.4. The van der Waals surface area contributed by atoms with Crippen LogP contribution in [-0.4, -0.2) is 200 Å². The molecule has 0 bridgehead atoms. The molecule has 1 fully saturated rings. The second-order valence-corrected chi connectivity index (χ2v) is 26.9. The highest BCUT2D eigenvalue weighted by atomic mass is 16.5. The summed E-state index contributed by atoms with van der Waals surface area (Å²) in [5.41, 5.74) is 0. The quantitative estimate of drug-likeness (QED) is 0.0310. The van der Waals surface area contributed by atoms with E-state index >= 15 is 0 Å². The second-order valence-electron chi connectivity index (χ2n) is 26.9. The van der Waals surface area contributed by atoms with E-state index in [1.165, 1.54) is 6.92 Å². The molecule has 0 saturated carbocycles. The van der Waals surface area contributed by atoms with E-state index in [1.54, 1.807) is 76.2 Å². The van der Waals surface area contributed by atoms with E-state index in [2.05, 4.69) is 65.4 Å². The fraction of sp³-hybridized carbons (Fsp3) is 0.781. The van der Waals surface area contributed by atoms with Gasteiger partial charge < -0.3 is 88.8 Å². The topological polar surface area (TPSA) is 482 Å². The van der Waals surface area contributed by atoms with Crippen LogP contribution < -0.4 is 58.5 Å². The maximum atomic E-state index is 14.9. The van der Waals surface area contributed by atoms with Gasteiger partial charge >= 0.3 is 17.9 Å². The number of carboxylic acid groups (broad SMARTS) is 2. The third kappa shape index (κ3) is 32.6. The molecular formula is C64H111N11O20. The number of hydrogen-bond acceptors (Lipinski definition) is 18. The zero-order chi connectivity index (χ0) is 72.6. The van der Waals surface area contributed by atoms with Crippen LogP contribution in [0.25, 0.3) is 0 Å². The molecule has 31 nitrogen and oxygen atoms in total. The minimum atomic E-state index is -2.20. The van der Waals surface area contributed by atoms with Gasteiger partial charge in [-0.15, -0.1) is 0 Å². The molecule has 1 aliphatic rings. The summed E-state index contributed by atoms with van der Waals surface area (Å²) < 4.78 is 5.68. The Labute approximate surface area is 557 Å². The Morgan fingerprint density at radius 2 is 0.884 bits per heavy atom. The molecule has 0 aliphatic carbocycles. The number of nitrogens with one attached hydrogen (secondary N) is 11. The van der Waals surface area contributed by atoms with Crippen LogP contribution in [0, 0.1) is 35.5 Å². The van der Waals surface area contributed by atoms with E-state index < -0.39 is 199 Å². The number of carbonyl (C=O) groups is 14. The minimum Gasteiger partial charge on any atom is -0.481 e. The average molecular weight is 1350 g/mol. The summed E-state index contributed by atoms with van der Waals surface area (Å²) in [4.78, 5) is 195. The Kier molecular flexibility index (Phi) is 39.2. The predicted molar refractivity (Wildman–Crippen MR) is 346 cm³/mol. The molecule has 31 heteroatoms. The highest BCUT2D eigenvalue weighted by Crippen LogP contribution is 2.17. The number of aliphatic hydroxyl groups is 3. The largest absolute Gasteiger partial charge is 0.481 e. The third-order valence-electron chi connectivity index (χ3n) is 15.5. The summed E-state index contributed by atoms with van der Waals surface area (Å²) >= 11 is 0. The van der Waals surface area contributed by atoms with Gasteiger partial charge in [0.15, 0.2) is 0 Å². The first-order valence-electron chi connectivity index (χ1n) is 33.2. The monoisotopic (exact) mass is 1350 g/mol. The van der Waals surface area contributed by atoms with Crippen LogP contribution >= 0.6 is 0 Å². The SMILES string of the molecule is CCCCCCC[C@H](O)CC(=O)N[C@H](CC(C)C)C(=O)N[C@@H](CC(=O)O)C(=O)N[C@H]1C(=O)N[C@H](CC(C)C)C(=O)N[C@H](CC(C)C)C(=O)N[C@H](CO)C(=O)N[C@H](CC(C)C)C(=O)N[C@H](CO)C(=O)N[C@H](CC(C)C)C(=O)N[C@@H]([C@H](C)CC)C(=O)N[C@@H](CC(=O)O)C(=O)O[C@@H]1C. The first-order valence-corrected chi connectivity index (χ1v) is 33.2. The smallest absolute Gasteiger partial charge is 0.329 e. The van der Waals surface area contributed by atoms with Crippen molar-refractivity contribution in [3.63, 3.8) is 0 Å². The Bertz CT molecular complexity index is 2570. The molecule has 0 unspecified atom stereocenters. The predicted octanol–water partition coefficient (Wildman–Crippen LogP) is -0.413. The number of carbonyl (C=O) groups excluding carboxylic acids is 12. The van der Waals surface area contributed by atoms with E-state index in [4.69, 9.17) is 4.74 Å². The van der Waals surface area contributed by atoms with Gasteiger partial charge in [-0.2, -0.15) is 0 Å². The molecule has 14 atom stereocenters. The maximum Gasteiger partial charge on any atom is 0.329 e. The lowest BCUT2D eigenvalue weighted by molar-refractivity contribution is -0.158. The Balaban J connectivity index is 4.29. The summed E-state index contributed by atoms with van der Waals surface area (Å²) in [5, 5.41) is 78.6. The Morgan fingerprint density at radius 3 is 1.28 bits per heavy atom. The molecule has 1 heterocycles. The maximum absolute atomic E-state index is 14.9. The van der Waals surface area contributed by atoms with Crippen molar-refractivity contribution in [3.05, 3.63) is 0 Å². The normalized spacial score (nSPS) is 24.2. The molecule has 0 aromatic rings. The summed E-state index contributed by atoms with van der Waals surface area (Å²) in [6, 6.07) is -19.0. The van der Waals surface area contributed by atoms with E-state index in [0.29, 0.717) is 12.8 Å². The van der Waals surface area contributed by atoms with E-state index in [-0.39, 0.29) is 68.6 Å². The van der Waals surface area contributed by atoms with Gasteiger partial charge in [0.05, 0.1) is 38.6 Å². The number of aliphatic hydroxyl groups excluding tert-OH is 3. The van der Waals surface area contributed by atoms with Gasteiger partial charge in [0.2, 0.25) is 65.0 Å². The summed E-state index contributed by atoms with van der Waals surface area (Å²) in [6.45, 7) is 21.1. The number of rotatable bonds is 31. The van der Waals surface area contributed by atoms with Crippen molar-refractivity contribution in [3.8, 4) is 0 Å². The lowest BCUT2D eigenvalue weighted by Gasteiger charge is -2.31.